The molecule has 29 heavy (non-hydrogen) atoms. The van der Waals surface area contributed by atoms with Crippen LogP contribution < -0.4 is 5.56 Å². The number of aryl methyl sites for hydroxylation is 2. The Bertz CT molecular complexity index is 1280. The van der Waals surface area contributed by atoms with Gasteiger partial charge in [0, 0.05) is 24.7 Å². The van der Waals surface area contributed by atoms with Crippen LogP contribution in [0.1, 0.15) is 24.4 Å². The zero-order valence-electron chi connectivity index (χ0n) is 17.1. The van der Waals surface area contributed by atoms with Gasteiger partial charge in [0.2, 0.25) is 0 Å². The van der Waals surface area contributed by atoms with Gasteiger partial charge in [-0.2, -0.15) is 5.10 Å². The Morgan fingerprint density at radius 1 is 1.03 bits per heavy atom. The fraction of sp³-hybridized carbons (Fsp3) is 0.348. The Labute approximate surface area is 169 Å². The van der Waals surface area contributed by atoms with E-state index in [0.29, 0.717) is 5.39 Å². The highest BCUT2D eigenvalue weighted by molar-refractivity contribution is 5.89. The second kappa shape index (κ2) is 6.81. The summed E-state index contributed by atoms with van der Waals surface area (Å²) in [5, 5.41) is 6.33. The number of rotatable bonds is 2. The maximum atomic E-state index is 13.3. The number of fused-ring (bicyclic) bond motifs is 2. The van der Waals surface area contributed by atoms with E-state index in [1.807, 2.05) is 40.7 Å². The van der Waals surface area contributed by atoms with Crippen molar-refractivity contribution in [3.8, 4) is 11.1 Å². The molecule has 6 heteroatoms. The zero-order chi connectivity index (χ0) is 20.1. The van der Waals surface area contributed by atoms with Crippen LogP contribution in [0.4, 0.5) is 0 Å². The second-order valence-electron chi connectivity index (χ2n) is 8.26. The van der Waals surface area contributed by atoms with Gasteiger partial charge >= 0.3 is 0 Å². The second-order valence-corrected chi connectivity index (χ2v) is 8.26. The van der Waals surface area contributed by atoms with Crippen molar-refractivity contribution in [3.05, 3.63) is 58.8 Å². The van der Waals surface area contributed by atoms with E-state index < -0.39 is 0 Å². The number of piperidine rings is 1. The monoisotopic (exact) mass is 387 g/mol. The number of benzene rings is 2. The van der Waals surface area contributed by atoms with E-state index in [1.165, 1.54) is 0 Å². The van der Waals surface area contributed by atoms with Crippen molar-refractivity contribution < 1.29 is 0 Å². The van der Waals surface area contributed by atoms with Crippen molar-refractivity contribution in [2.75, 3.05) is 20.1 Å². The van der Waals surface area contributed by atoms with Gasteiger partial charge in [-0.15, -0.1) is 0 Å². The minimum atomic E-state index is 0.0607. The molecule has 0 amide bonds. The van der Waals surface area contributed by atoms with Crippen molar-refractivity contribution in [2.24, 2.45) is 7.05 Å². The molecule has 1 aliphatic rings. The van der Waals surface area contributed by atoms with Crippen molar-refractivity contribution in [2.45, 2.75) is 25.8 Å². The summed E-state index contributed by atoms with van der Waals surface area (Å²) in [4.78, 5) is 20.2. The maximum Gasteiger partial charge on any atom is 0.261 e. The summed E-state index contributed by atoms with van der Waals surface area (Å²) < 4.78 is 3.68. The van der Waals surface area contributed by atoms with Gasteiger partial charge in [0.1, 0.15) is 0 Å². The number of hydrogen-bond donors (Lipinski definition) is 0. The molecular formula is C23H25N5O. The molecule has 0 bridgehead atoms. The van der Waals surface area contributed by atoms with Gasteiger partial charge in [-0.05, 0) is 80.9 Å². The molecule has 2 aromatic carbocycles. The summed E-state index contributed by atoms with van der Waals surface area (Å²) in [5.41, 5.74) is 5.09. The van der Waals surface area contributed by atoms with Crippen LogP contribution in [0.25, 0.3) is 32.9 Å². The van der Waals surface area contributed by atoms with E-state index in [9.17, 15) is 4.79 Å². The fourth-order valence-corrected chi connectivity index (χ4v) is 4.45. The Morgan fingerprint density at radius 3 is 2.62 bits per heavy atom. The molecule has 6 nitrogen and oxygen atoms in total. The topological polar surface area (TPSA) is 56.0 Å². The van der Waals surface area contributed by atoms with Crippen LogP contribution in [0.15, 0.2) is 47.7 Å². The van der Waals surface area contributed by atoms with Crippen LogP contribution in [0.3, 0.4) is 0 Å². The van der Waals surface area contributed by atoms with Gasteiger partial charge < -0.3 is 4.90 Å². The summed E-state index contributed by atoms with van der Waals surface area (Å²) in [6.07, 6.45) is 5.73. The van der Waals surface area contributed by atoms with E-state index in [0.717, 1.165) is 59.0 Å². The predicted octanol–water partition coefficient (Wildman–Crippen LogP) is 3.53. The molecule has 4 aromatic rings. The lowest BCUT2D eigenvalue weighted by atomic mass is 9.99. The molecule has 3 heterocycles. The minimum absolute atomic E-state index is 0.0607. The Hall–Kier alpha value is -2.99. The summed E-state index contributed by atoms with van der Waals surface area (Å²) in [5.74, 6) is 0. The van der Waals surface area contributed by atoms with Crippen LogP contribution in [0.5, 0.6) is 0 Å². The molecule has 148 valence electrons. The minimum Gasteiger partial charge on any atom is -0.306 e. The smallest absolute Gasteiger partial charge is 0.261 e. The Morgan fingerprint density at radius 2 is 1.83 bits per heavy atom. The average molecular weight is 387 g/mol. The number of nitrogens with zero attached hydrogens (tertiary/aromatic N) is 5. The quantitative estimate of drug-likeness (QED) is 0.528. The normalized spacial score (nSPS) is 16.1. The molecular weight excluding hydrogens is 362 g/mol. The van der Waals surface area contributed by atoms with Gasteiger partial charge in [-0.1, -0.05) is 6.07 Å². The lowest BCUT2D eigenvalue weighted by Crippen LogP contribution is -2.35. The molecule has 0 spiro atoms. The van der Waals surface area contributed by atoms with E-state index in [2.05, 4.69) is 41.1 Å². The zero-order valence-corrected chi connectivity index (χ0v) is 17.1. The third-order valence-electron chi connectivity index (χ3n) is 6.11. The van der Waals surface area contributed by atoms with Gasteiger partial charge in [0.25, 0.3) is 5.56 Å². The Balaban J connectivity index is 1.61. The van der Waals surface area contributed by atoms with Gasteiger partial charge in [-0.3, -0.25) is 14.0 Å². The molecule has 5 rings (SSSR count). The first-order chi connectivity index (χ1) is 14.0. The molecule has 0 radical (unpaired) electrons. The third kappa shape index (κ3) is 3.13. The van der Waals surface area contributed by atoms with E-state index in [1.54, 1.807) is 6.33 Å². The van der Waals surface area contributed by atoms with Crippen LogP contribution in [0.2, 0.25) is 0 Å². The van der Waals surface area contributed by atoms with Gasteiger partial charge in [0.05, 0.1) is 22.7 Å². The standard InChI is InChI=1S/C23H25N5O/c1-15-10-17(11-18-13-27(3)25-22(15)18)16-4-5-21-20(12-16)23(29)28(14-24-21)19-6-8-26(2)9-7-19/h4-5,10-14,19H,6-9H2,1-3H3. The number of hydrogen-bond acceptors (Lipinski definition) is 4. The SMILES string of the molecule is Cc1cc(-c2ccc3ncn(C4CCN(C)CC4)c(=O)c3c2)cc2cn(C)nc12. The average Bonchev–Trinajstić information content (AvgIpc) is 3.10. The van der Waals surface area contributed by atoms with E-state index >= 15 is 0 Å². The van der Waals surface area contributed by atoms with Crippen molar-refractivity contribution >= 4 is 21.8 Å². The summed E-state index contributed by atoms with van der Waals surface area (Å²) in [7, 11) is 4.07. The number of likely N-dealkylation sites (tertiary alicyclic amines) is 1. The fourth-order valence-electron chi connectivity index (χ4n) is 4.45. The van der Waals surface area contributed by atoms with Crippen molar-refractivity contribution in [3.63, 3.8) is 0 Å². The highest BCUT2D eigenvalue weighted by Crippen LogP contribution is 2.28. The number of aromatic nitrogens is 4. The molecule has 0 N–H and O–H groups in total. The predicted molar refractivity (Wildman–Crippen MR) is 116 cm³/mol. The summed E-state index contributed by atoms with van der Waals surface area (Å²) >= 11 is 0. The molecule has 0 aliphatic carbocycles. The molecule has 0 saturated carbocycles. The Kier molecular flexibility index (Phi) is 4.24. The van der Waals surface area contributed by atoms with Crippen LogP contribution in [0, 0.1) is 6.92 Å². The molecule has 2 aromatic heterocycles. The molecule has 0 unspecified atom stereocenters. The molecule has 0 atom stereocenters. The molecule has 1 saturated heterocycles. The molecule has 1 aliphatic heterocycles. The first kappa shape index (κ1) is 18.1. The van der Waals surface area contributed by atoms with E-state index in [-0.39, 0.29) is 11.6 Å². The van der Waals surface area contributed by atoms with Crippen molar-refractivity contribution in [1.29, 1.82) is 0 Å². The summed E-state index contributed by atoms with van der Waals surface area (Å²) in [6.45, 7) is 4.10. The molecule has 1 fully saturated rings. The summed E-state index contributed by atoms with van der Waals surface area (Å²) in [6, 6.07) is 10.5. The first-order valence-electron chi connectivity index (χ1n) is 10.1. The lowest BCUT2D eigenvalue weighted by molar-refractivity contribution is 0.218. The van der Waals surface area contributed by atoms with Crippen LogP contribution >= 0.6 is 0 Å². The maximum absolute atomic E-state index is 13.3. The third-order valence-corrected chi connectivity index (χ3v) is 6.11. The van der Waals surface area contributed by atoms with Gasteiger partial charge in [0.15, 0.2) is 0 Å². The van der Waals surface area contributed by atoms with Crippen molar-refractivity contribution in [1.82, 2.24) is 24.2 Å². The highest BCUT2D eigenvalue weighted by Gasteiger charge is 2.20. The largest absolute Gasteiger partial charge is 0.306 e. The lowest BCUT2D eigenvalue weighted by Gasteiger charge is -2.30. The highest BCUT2D eigenvalue weighted by atomic mass is 16.1. The first-order valence-corrected chi connectivity index (χ1v) is 10.1. The van der Waals surface area contributed by atoms with Gasteiger partial charge in [-0.25, -0.2) is 4.98 Å². The van der Waals surface area contributed by atoms with E-state index in [4.69, 9.17) is 0 Å². The van der Waals surface area contributed by atoms with Crippen LogP contribution in [-0.4, -0.2) is 44.4 Å². The van der Waals surface area contributed by atoms with Crippen LogP contribution in [-0.2, 0) is 7.05 Å².